The maximum absolute atomic E-state index is 5.58. The van der Waals surface area contributed by atoms with Gasteiger partial charge in [0, 0.05) is 10.5 Å². The lowest BCUT2D eigenvalue weighted by Crippen LogP contribution is -1.83. The molecule has 0 aliphatic rings. The molecule has 1 aromatic carbocycles. The standard InChI is InChI=1S/C10H9BrN2OS/c1-15-7-4-2-6(3-5-7)9-8(11)10(12)13-14-9/h2-5H,1H3,(H2,12,13). The molecule has 0 spiro atoms. The molecule has 5 heteroatoms. The van der Waals surface area contributed by atoms with Crippen molar-refractivity contribution in [3.63, 3.8) is 0 Å². The summed E-state index contributed by atoms with van der Waals surface area (Å²) >= 11 is 5.04. The first-order valence-corrected chi connectivity index (χ1v) is 6.29. The molecule has 2 rings (SSSR count). The molecule has 2 N–H and O–H groups in total. The number of halogens is 1. The lowest BCUT2D eigenvalue weighted by molar-refractivity contribution is 0.435. The molecule has 15 heavy (non-hydrogen) atoms. The summed E-state index contributed by atoms with van der Waals surface area (Å²) in [7, 11) is 0. The maximum atomic E-state index is 5.58. The number of benzene rings is 1. The summed E-state index contributed by atoms with van der Waals surface area (Å²) in [5.41, 5.74) is 6.54. The van der Waals surface area contributed by atoms with E-state index in [-0.39, 0.29) is 0 Å². The summed E-state index contributed by atoms with van der Waals surface area (Å²) in [5.74, 6) is 1.04. The van der Waals surface area contributed by atoms with E-state index in [2.05, 4.69) is 21.1 Å². The van der Waals surface area contributed by atoms with Crippen molar-refractivity contribution in [1.29, 1.82) is 0 Å². The van der Waals surface area contributed by atoms with Gasteiger partial charge in [-0.05, 0) is 46.5 Å². The average Bonchev–Trinajstić information content (AvgIpc) is 2.60. The Morgan fingerprint density at radius 2 is 2.00 bits per heavy atom. The van der Waals surface area contributed by atoms with Crippen LogP contribution in [0.1, 0.15) is 0 Å². The molecule has 0 aliphatic carbocycles. The van der Waals surface area contributed by atoms with Crippen LogP contribution in [-0.4, -0.2) is 11.4 Å². The third kappa shape index (κ3) is 2.03. The average molecular weight is 285 g/mol. The summed E-state index contributed by atoms with van der Waals surface area (Å²) in [4.78, 5) is 1.21. The van der Waals surface area contributed by atoms with E-state index in [1.165, 1.54) is 4.90 Å². The monoisotopic (exact) mass is 284 g/mol. The molecule has 0 saturated heterocycles. The lowest BCUT2D eigenvalue weighted by atomic mass is 10.2. The van der Waals surface area contributed by atoms with Gasteiger partial charge in [-0.15, -0.1) is 11.8 Å². The van der Waals surface area contributed by atoms with Crippen molar-refractivity contribution in [3.05, 3.63) is 28.7 Å². The Labute approximate surface area is 100 Å². The number of thioether (sulfide) groups is 1. The molecule has 0 unspecified atom stereocenters. The Hall–Kier alpha value is -0.940. The minimum absolute atomic E-state index is 0.374. The first-order valence-electron chi connectivity index (χ1n) is 4.27. The molecule has 0 saturated carbocycles. The lowest BCUT2D eigenvalue weighted by Gasteiger charge is -1.98. The van der Waals surface area contributed by atoms with E-state index in [9.17, 15) is 0 Å². The van der Waals surface area contributed by atoms with Crippen LogP contribution in [0, 0.1) is 0 Å². The predicted octanol–water partition coefficient (Wildman–Crippen LogP) is 3.41. The second kappa shape index (κ2) is 4.28. The van der Waals surface area contributed by atoms with E-state index in [1.54, 1.807) is 11.8 Å². The molecule has 1 heterocycles. The van der Waals surface area contributed by atoms with Crippen LogP contribution in [-0.2, 0) is 0 Å². The summed E-state index contributed by atoms with van der Waals surface area (Å²) < 4.78 is 5.83. The number of anilines is 1. The molecule has 2 aromatic rings. The quantitative estimate of drug-likeness (QED) is 0.859. The highest BCUT2D eigenvalue weighted by molar-refractivity contribution is 9.10. The normalized spacial score (nSPS) is 10.5. The van der Waals surface area contributed by atoms with Crippen LogP contribution < -0.4 is 5.73 Å². The zero-order valence-corrected chi connectivity index (χ0v) is 10.4. The number of nitrogens with zero attached hydrogens (tertiary/aromatic N) is 1. The third-order valence-electron chi connectivity index (χ3n) is 2.01. The summed E-state index contributed by atoms with van der Waals surface area (Å²) in [5, 5.41) is 3.69. The van der Waals surface area contributed by atoms with Crippen LogP contribution in [0.15, 0.2) is 38.2 Å². The van der Waals surface area contributed by atoms with Crippen molar-refractivity contribution < 1.29 is 4.52 Å². The molecule has 0 radical (unpaired) electrons. The Balaban J connectivity index is 2.41. The largest absolute Gasteiger partial charge is 0.380 e. The SMILES string of the molecule is CSc1ccc(-c2onc(N)c2Br)cc1. The van der Waals surface area contributed by atoms with E-state index >= 15 is 0 Å². The van der Waals surface area contributed by atoms with Crippen molar-refractivity contribution in [2.24, 2.45) is 0 Å². The van der Waals surface area contributed by atoms with Crippen LogP contribution in [0.5, 0.6) is 0 Å². The van der Waals surface area contributed by atoms with Crippen molar-refractivity contribution in [2.45, 2.75) is 4.90 Å². The number of hydrogen-bond donors (Lipinski definition) is 1. The van der Waals surface area contributed by atoms with Gasteiger partial charge in [-0.25, -0.2) is 0 Å². The molecule has 3 nitrogen and oxygen atoms in total. The summed E-state index contributed by atoms with van der Waals surface area (Å²) in [6.07, 6.45) is 2.04. The van der Waals surface area contributed by atoms with Crippen LogP contribution >= 0.6 is 27.7 Å². The molecule has 1 aromatic heterocycles. The molecule has 0 fully saturated rings. The highest BCUT2D eigenvalue weighted by atomic mass is 79.9. The van der Waals surface area contributed by atoms with Crippen LogP contribution in [0.25, 0.3) is 11.3 Å². The predicted molar refractivity (Wildman–Crippen MR) is 65.8 cm³/mol. The second-order valence-corrected chi connectivity index (χ2v) is 4.61. The Morgan fingerprint density at radius 3 is 2.47 bits per heavy atom. The zero-order valence-electron chi connectivity index (χ0n) is 8.03. The topological polar surface area (TPSA) is 52.0 Å². The smallest absolute Gasteiger partial charge is 0.183 e. The van der Waals surface area contributed by atoms with Gasteiger partial charge in [-0.2, -0.15) is 0 Å². The van der Waals surface area contributed by atoms with Crippen LogP contribution in [0.4, 0.5) is 5.82 Å². The highest BCUT2D eigenvalue weighted by Gasteiger charge is 2.12. The first-order chi connectivity index (χ1) is 7.22. The fourth-order valence-electron chi connectivity index (χ4n) is 1.21. The van der Waals surface area contributed by atoms with Gasteiger partial charge in [-0.1, -0.05) is 5.16 Å². The van der Waals surface area contributed by atoms with Gasteiger partial charge in [0.2, 0.25) is 0 Å². The van der Waals surface area contributed by atoms with Crippen molar-refractivity contribution in [1.82, 2.24) is 5.16 Å². The van der Waals surface area contributed by atoms with E-state index < -0.39 is 0 Å². The van der Waals surface area contributed by atoms with Gasteiger partial charge >= 0.3 is 0 Å². The van der Waals surface area contributed by atoms with E-state index in [1.807, 2.05) is 30.5 Å². The van der Waals surface area contributed by atoms with E-state index in [0.717, 1.165) is 5.56 Å². The summed E-state index contributed by atoms with van der Waals surface area (Å²) in [6.45, 7) is 0. The van der Waals surface area contributed by atoms with Gasteiger partial charge < -0.3 is 10.3 Å². The molecular weight excluding hydrogens is 276 g/mol. The Bertz CT molecular complexity index is 467. The highest BCUT2D eigenvalue weighted by Crippen LogP contribution is 2.33. The van der Waals surface area contributed by atoms with Gasteiger partial charge in [0.15, 0.2) is 11.6 Å². The fraction of sp³-hybridized carbons (Fsp3) is 0.100. The molecule has 0 amide bonds. The van der Waals surface area contributed by atoms with Crippen molar-refractivity contribution in [2.75, 3.05) is 12.0 Å². The van der Waals surface area contributed by atoms with Crippen LogP contribution in [0.2, 0.25) is 0 Å². The number of rotatable bonds is 2. The molecule has 0 atom stereocenters. The van der Waals surface area contributed by atoms with E-state index in [4.69, 9.17) is 10.3 Å². The molecule has 0 aliphatic heterocycles. The molecule has 78 valence electrons. The van der Waals surface area contributed by atoms with E-state index in [0.29, 0.717) is 16.1 Å². The van der Waals surface area contributed by atoms with Gasteiger partial charge in [0.1, 0.15) is 4.47 Å². The maximum Gasteiger partial charge on any atom is 0.183 e. The van der Waals surface area contributed by atoms with Crippen LogP contribution in [0.3, 0.4) is 0 Å². The number of hydrogen-bond acceptors (Lipinski definition) is 4. The minimum Gasteiger partial charge on any atom is -0.380 e. The second-order valence-electron chi connectivity index (χ2n) is 2.94. The van der Waals surface area contributed by atoms with Crippen molar-refractivity contribution in [3.8, 4) is 11.3 Å². The van der Waals surface area contributed by atoms with Gasteiger partial charge in [-0.3, -0.25) is 0 Å². The van der Waals surface area contributed by atoms with Crippen molar-refractivity contribution >= 4 is 33.5 Å². The summed E-state index contributed by atoms with van der Waals surface area (Å²) in [6, 6.07) is 8.03. The van der Waals surface area contributed by atoms with Gasteiger partial charge in [0.25, 0.3) is 0 Å². The molecular formula is C10H9BrN2OS. The molecule has 0 bridgehead atoms. The fourth-order valence-corrected chi connectivity index (χ4v) is 2.00. The third-order valence-corrected chi connectivity index (χ3v) is 3.52. The van der Waals surface area contributed by atoms with Gasteiger partial charge in [0.05, 0.1) is 0 Å². The Kier molecular flexibility index (Phi) is 3.02. The Morgan fingerprint density at radius 1 is 1.33 bits per heavy atom. The first kappa shape index (κ1) is 10.6. The number of nitrogen functional groups attached to an aromatic ring is 1. The zero-order chi connectivity index (χ0) is 10.8. The number of aromatic nitrogens is 1. The number of nitrogens with two attached hydrogens (primary N) is 1. The minimum atomic E-state index is 0.374.